The lowest BCUT2D eigenvalue weighted by molar-refractivity contribution is 0.401. The second-order valence-electron chi connectivity index (χ2n) is 11.5. The lowest BCUT2D eigenvalue weighted by Crippen LogP contribution is -2.26. The van der Waals surface area contributed by atoms with Gasteiger partial charge in [0, 0.05) is 26.3 Å². The highest BCUT2D eigenvalue weighted by molar-refractivity contribution is 9.10. The van der Waals surface area contributed by atoms with E-state index in [-0.39, 0.29) is 5.41 Å². The first-order valence-corrected chi connectivity index (χ1v) is 15.9. The molecule has 0 N–H and O–H groups in total. The van der Waals surface area contributed by atoms with Crippen LogP contribution in [0.4, 0.5) is 0 Å². The van der Waals surface area contributed by atoms with E-state index in [2.05, 4.69) is 119 Å². The largest absolute Gasteiger partial charge is 0.309 e. The van der Waals surface area contributed by atoms with Gasteiger partial charge >= 0.3 is 0 Å². The predicted molar refractivity (Wildman–Crippen MR) is 172 cm³/mol. The lowest BCUT2D eigenvalue weighted by Gasteiger charge is -2.33. The Hall–Kier alpha value is -2.84. The molecule has 0 amide bonds. The minimum absolute atomic E-state index is 0.0741. The quantitative estimate of drug-likeness (QED) is 0.137. The summed E-state index contributed by atoms with van der Waals surface area (Å²) in [4.78, 5) is 0. The van der Waals surface area contributed by atoms with E-state index in [0.717, 1.165) is 0 Å². The van der Waals surface area contributed by atoms with Crippen LogP contribution in [0.5, 0.6) is 0 Å². The molecule has 0 unspecified atom stereocenters. The molecule has 1 aromatic heterocycles. The SMILES string of the molecule is CCCCCCC1(CCCCCC)c2cc(Br)ccc2-c2ccc(-n3c4ccccc4c4ccccc43)cc21. The Bertz CT molecular complexity index is 1540. The summed E-state index contributed by atoms with van der Waals surface area (Å²) in [5.41, 5.74) is 9.89. The van der Waals surface area contributed by atoms with Crippen molar-refractivity contribution >= 4 is 37.7 Å². The van der Waals surface area contributed by atoms with Crippen molar-refractivity contribution in [3.05, 3.63) is 101 Å². The first-order chi connectivity index (χ1) is 19.2. The molecule has 5 aromatic rings. The Kier molecular flexibility index (Phi) is 7.67. The molecular formula is C37H40BrN. The summed E-state index contributed by atoms with van der Waals surface area (Å²) in [6, 6.07) is 32.1. The molecule has 0 saturated heterocycles. The van der Waals surface area contributed by atoms with Gasteiger partial charge in [-0.2, -0.15) is 0 Å². The van der Waals surface area contributed by atoms with Crippen LogP contribution in [0.25, 0.3) is 38.6 Å². The van der Waals surface area contributed by atoms with Gasteiger partial charge in [-0.05, 0) is 71.5 Å². The summed E-state index contributed by atoms with van der Waals surface area (Å²) in [6.45, 7) is 4.63. The Balaban J connectivity index is 1.54. The van der Waals surface area contributed by atoms with Gasteiger partial charge in [0.2, 0.25) is 0 Å². The maximum atomic E-state index is 3.84. The average Bonchev–Trinajstić information content (AvgIpc) is 3.43. The second kappa shape index (κ2) is 11.3. The Morgan fingerprint density at radius 1 is 0.590 bits per heavy atom. The van der Waals surface area contributed by atoms with Gasteiger partial charge in [0.1, 0.15) is 0 Å². The van der Waals surface area contributed by atoms with Crippen LogP contribution in [0.3, 0.4) is 0 Å². The summed E-state index contributed by atoms with van der Waals surface area (Å²) in [7, 11) is 0. The third-order valence-electron chi connectivity index (χ3n) is 9.06. The molecule has 39 heavy (non-hydrogen) atoms. The Labute approximate surface area is 242 Å². The van der Waals surface area contributed by atoms with E-state index in [1.54, 1.807) is 11.1 Å². The van der Waals surface area contributed by atoms with E-state index < -0.39 is 0 Å². The number of rotatable bonds is 11. The van der Waals surface area contributed by atoms with Crippen LogP contribution < -0.4 is 0 Å². The van der Waals surface area contributed by atoms with E-state index in [9.17, 15) is 0 Å². The minimum Gasteiger partial charge on any atom is -0.309 e. The molecule has 0 radical (unpaired) electrons. The molecule has 6 rings (SSSR count). The van der Waals surface area contributed by atoms with Gasteiger partial charge in [0.05, 0.1) is 11.0 Å². The number of hydrogen-bond acceptors (Lipinski definition) is 0. The number of hydrogen-bond donors (Lipinski definition) is 0. The van der Waals surface area contributed by atoms with Crippen molar-refractivity contribution in [2.45, 2.75) is 83.5 Å². The molecule has 1 aliphatic rings. The van der Waals surface area contributed by atoms with Crippen LogP contribution >= 0.6 is 15.9 Å². The van der Waals surface area contributed by atoms with E-state index >= 15 is 0 Å². The van der Waals surface area contributed by atoms with Crippen molar-refractivity contribution in [3.8, 4) is 16.8 Å². The molecule has 0 aliphatic heterocycles. The molecule has 1 heterocycles. The van der Waals surface area contributed by atoms with Crippen molar-refractivity contribution in [2.75, 3.05) is 0 Å². The highest BCUT2D eigenvalue weighted by Crippen LogP contribution is 2.55. The van der Waals surface area contributed by atoms with Gasteiger partial charge in [-0.15, -0.1) is 0 Å². The molecule has 1 nitrogen and oxygen atoms in total. The topological polar surface area (TPSA) is 4.93 Å². The Morgan fingerprint density at radius 2 is 1.13 bits per heavy atom. The van der Waals surface area contributed by atoms with Crippen molar-refractivity contribution in [3.63, 3.8) is 0 Å². The van der Waals surface area contributed by atoms with E-state index in [1.807, 2.05) is 0 Å². The third-order valence-corrected chi connectivity index (χ3v) is 9.55. The fourth-order valence-electron chi connectivity index (χ4n) is 7.17. The van der Waals surface area contributed by atoms with E-state index in [0.29, 0.717) is 0 Å². The molecule has 0 bridgehead atoms. The zero-order valence-corrected chi connectivity index (χ0v) is 25.1. The summed E-state index contributed by atoms with van der Waals surface area (Å²) in [5, 5.41) is 2.65. The minimum atomic E-state index is 0.0741. The molecule has 200 valence electrons. The smallest absolute Gasteiger partial charge is 0.0541 e. The van der Waals surface area contributed by atoms with Gasteiger partial charge in [0.15, 0.2) is 0 Å². The van der Waals surface area contributed by atoms with Crippen molar-refractivity contribution < 1.29 is 0 Å². The van der Waals surface area contributed by atoms with Gasteiger partial charge < -0.3 is 4.57 Å². The number of aromatic nitrogens is 1. The summed E-state index contributed by atoms with van der Waals surface area (Å²) < 4.78 is 3.69. The van der Waals surface area contributed by atoms with Gasteiger partial charge in [-0.1, -0.05) is 130 Å². The zero-order chi connectivity index (χ0) is 26.8. The monoisotopic (exact) mass is 577 g/mol. The summed E-state index contributed by atoms with van der Waals surface area (Å²) >= 11 is 3.84. The normalized spacial score (nSPS) is 13.7. The van der Waals surface area contributed by atoms with Crippen molar-refractivity contribution in [2.24, 2.45) is 0 Å². The first kappa shape index (κ1) is 26.4. The highest BCUT2D eigenvalue weighted by atomic mass is 79.9. The molecule has 0 fully saturated rings. The van der Waals surface area contributed by atoms with Gasteiger partial charge in [0.25, 0.3) is 0 Å². The molecule has 0 atom stereocenters. The highest BCUT2D eigenvalue weighted by Gasteiger charge is 2.42. The molecular weight excluding hydrogens is 538 g/mol. The van der Waals surface area contributed by atoms with Crippen molar-refractivity contribution in [1.29, 1.82) is 0 Å². The predicted octanol–water partition coefficient (Wildman–Crippen LogP) is 11.8. The number of benzene rings is 4. The zero-order valence-electron chi connectivity index (χ0n) is 23.5. The van der Waals surface area contributed by atoms with Crippen LogP contribution in [-0.4, -0.2) is 4.57 Å². The van der Waals surface area contributed by atoms with Crippen molar-refractivity contribution in [1.82, 2.24) is 4.57 Å². The van der Waals surface area contributed by atoms with Gasteiger partial charge in [-0.3, -0.25) is 0 Å². The van der Waals surface area contributed by atoms with Crippen LogP contribution in [0.1, 0.15) is 89.2 Å². The average molecular weight is 579 g/mol. The number of unbranched alkanes of at least 4 members (excludes halogenated alkanes) is 6. The lowest BCUT2D eigenvalue weighted by atomic mass is 9.70. The molecule has 2 heteroatoms. The third kappa shape index (κ3) is 4.65. The summed E-state index contributed by atoms with van der Waals surface area (Å²) in [6.07, 6.45) is 12.9. The number of para-hydroxylation sites is 2. The fourth-order valence-corrected chi connectivity index (χ4v) is 7.53. The maximum absolute atomic E-state index is 3.84. The van der Waals surface area contributed by atoms with Gasteiger partial charge in [-0.25, -0.2) is 0 Å². The summed E-state index contributed by atoms with van der Waals surface area (Å²) in [5.74, 6) is 0. The first-order valence-electron chi connectivity index (χ1n) is 15.1. The van der Waals surface area contributed by atoms with Crippen LogP contribution in [-0.2, 0) is 5.41 Å². The van der Waals surface area contributed by atoms with E-state index in [4.69, 9.17) is 0 Å². The van der Waals surface area contributed by atoms with E-state index in [1.165, 1.54) is 107 Å². The second-order valence-corrected chi connectivity index (χ2v) is 12.4. The fraction of sp³-hybridized carbons (Fsp3) is 0.351. The van der Waals surface area contributed by atoms with Crippen LogP contribution in [0.2, 0.25) is 0 Å². The van der Waals surface area contributed by atoms with Crippen LogP contribution in [0.15, 0.2) is 89.4 Å². The Morgan fingerprint density at radius 3 is 1.72 bits per heavy atom. The van der Waals surface area contributed by atoms with Crippen LogP contribution in [0, 0.1) is 0 Å². The molecule has 1 aliphatic carbocycles. The number of halogens is 1. The number of fused-ring (bicyclic) bond motifs is 6. The number of nitrogens with zero attached hydrogens (tertiary/aromatic N) is 1. The molecule has 0 spiro atoms. The standard InChI is InChI=1S/C37H40BrN/c1-3-5-7-13-23-37(24-14-8-6-4-2)33-25-27(38)19-21-29(33)30-22-20-28(26-34(30)37)39-35-17-11-9-15-31(35)32-16-10-12-18-36(32)39/h9-12,15-22,25-26H,3-8,13-14,23-24H2,1-2H3. The maximum Gasteiger partial charge on any atom is 0.0541 e. The molecule has 4 aromatic carbocycles. The molecule has 0 saturated carbocycles.